The summed E-state index contributed by atoms with van der Waals surface area (Å²) >= 11 is 0. The van der Waals surface area contributed by atoms with E-state index >= 15 is 0 Å². The third kappa shape index (κ3) is 5.53. The van der Waals surface area contributed by atoms with Gasteiger partial charge < -0.3 is 19.4 Å². The van der Waals surface area contributed by atoms with E-state index in [0.29, 0.717) is 29.9 Å². The molecule has 6 nitrogen and oxygen atoms in total. The molecule has 6 heteroatoms. The van der Waals surface area contributed by atoms with Crippen LogP contribution in [-0.2, 0) is 14.3 Å². The van der Waals surface area contributed by atoms with Gasteiger partial charge in [-0.3, -0.25) is 4.79 Å². The first kappa shape index (κ1) is 25.5. The number of rotatable bonds is 8. The SMILES string of the molecule is CC(=O)O[C@@H](C/C=C(/CC[C@@H]1[C@@]2(C)CCCC(C)(C)[C@@H]2CC[C@@]1(C)O)C(=O)O)c1ccoc1. The average Bonchev–Trinajstić information content (AvgIpc) is 3.21. The molecule has 0 unspecified atom stereocenters. The molecule has 2 N–H and O–H groups in total. The summed E-state index contributed by atoms with van der Waals surface area (Å²) in [6, 6.07) is 1.72. The second-order valence-electron chi connectivity index (χ2n) is 11.3. The van der Waals surface area contributed by atoms with E-state index in [0.717, 1.165) is 25.7 Å². The number of carboxylic acids is 1. The normalized spacial score (nSPS) is 32.6. The highest BCUT2D eigenvalue weighted by Crippen LogP contribution is 2.63. The molecule has 0 saturated heterocycles. The molecule has 0 spiro atoms. The van der Waals surface area contributed by atoms with Crippen molar-refractivity contribution in [2.45, 2.75) is 97.7 Å². The van der Waals surface area contributed by atoms with Gasteiger partial charge >= 0.3 is 11.9 Å². The van der Waals surface area contributed by atoms with Gasteiger partial charge in [-0.15, -0.1) is 0 Å². The monoisotopic (exact) mass is 460 g/mol. The van der Waals surface area contributed by atoms with Crippen molar-refractivity contribution >= 4 is 11.9 Å². The third-order valence-electron chi connectivity index (χ3n) is 8.54. The van der Waals surface area contributed by atoms with Crippen molar-refractivity contribution in [2.24, 2.45) is 22.7 Å². The number of aliphatic carboxylic acids is 1. The first-order valence-electron chi connectivity index (χ1n) is 12.2. The van der Waals surface area contributed by atoms with Gasteiger partial charge in [-0.2, -0.15) is 0 Å². The zero-order chi connectivity index (χ0) is 24.4. The fourth-order valence-corrected chi connectivity index (χ4v) is 7.02. The number of ether oxygens (including phenoxy) is 1. The molecular weight excluding hydrogens is 420 g/mol. The molecule has 33 heavy (non-hydrogen) atoms. The Balaban J connectivity index is 1.79. The molecule has 5 atom stereocenters. The maximum atomic E-state index is 12.1. The summed E-state index contributed by atoms with van der Waals surface area (Å²) in [5.41, 5.74) is 0.409. The Morgan fingerprint density at radius 1 is 1.24 bits per heavy atom. The molecule has 0 radical (unpaired) electrons. The zero-order valence-electron chi connectivity index (χ0n) is 20.7. The van der Waals surface area contributed by atoms with E-state index in [-0.39, 0.29) is 23.2 Å². The van der Waals surface area contributed by atoms with Crippen LogP contribution in [0.2, 0.25) is 0 Å². The molecule has 0 amide bonds. The Kier molecular flexibility index (Phi) is 7.47. The summed E-state index contributed by atoms with van der Waals surface area (Å²) in [5, 5.41) is 21.2. The van der Waals surface area contributed by atoms with Crippen molar-refractivity contribution in [3.05, 3.63) is 35.8 Å². The lowest BCUT2D eigenvalue weighted by atomic mass is 9.45. The van der Waals surface area contributed by atoms with E-state index in [1.54, 1.807) is 12.1 Å². The summed E-state index contributed by atoms with van der Waals surface area (Å²) in [6.45, 7) is 10.3. The molecule has 1 aromatic heterocycles. The van der Waals surface area contributed by atoms with Gasteiger partial charge in [0, 0.05) is 24.5 Å². The van der Waals surface area contributed by atoms with Crippen molar-refractivity contribution in [3.8, 4) is 0 Å². The average molecular weight is 461 g/mol. The number of esters is 1. The van der Waals surface area contributed by atoms with Crippen molar-refractivity contribution in [3.63, 3.8) is 0 Å². The van der Waals surface area contributed by atoms with Crippen LogP contribution >= 0.6 is 0 Å². The van der Waals surface area contributed by atoms with Gasteiger partial charge in [0.15, 0.2) is 0 Å². The fourth-order valence-electron chi connectivity index (χ4n) is 7.02. The van der Waals surface area contributed by atoms with Gasteiger partial charge in [0.2, 0.25) is 0 Å². The highest BCUT2D eigenvalue weighted by Gasteiger charge is 2.57. The largest absolute Gasteiger partial charge is 0.478 e. The summed E-state index contributed by atoms with van der Waals surface area (Å²) in [4.78, 5) is 23.6. The molecule has 2 fully saturated rings. The van der Waals surface area contributed by atoms with Crippen LogP contribution in [0.25, 0.3) is 0 Å². The lowest BCUT2D eigenvalue weighted by molar-refractivity contribution is -0.169. The van der Waals surface area contributed by atoms with Crippen molar-refractivity contribution in [1.29, 1.82) is 0 Å². The zero-order valence-corrected chi connectivity index (χ0v) is 20.7. The highest BCUT2D eigenvalue weighted by atomic mass is 16.5. The van der Waals surface area contributed by atoms with E-state index in [1.807, 2.05) is 6.92 Å². The first-order valence-corrected chi connectivity index (χ1v) is 12.2. The lowest BCUT2D eigenvalue weighted by Crippen LogP contribution is -2.57. The highest BCUT2D eigenvalue weighted by molar-refractivity contribution is 5.86. The number of fused-ring (bicyclic) bond motifs is 1. The number of carbonyl (C=O) groups is 2. The van der Waals surface area contributed by atoms with E-state index in [9.17, 15) is 19.8 Å². The van der Waals surface area contributed by atoms with Crippen LogP contribution in [0.15, 0.2) is 34.7 Å². The second kappa shape index (κ2) is 9.65. The van der Waals surface area contributed by atoms with E-state index < -0.39 is 23.6 Å². The maximum Gasteiger partial charge on any atom is 0.331 e. The van der Waals surface area contributed by atoms with Crippen LogP contribution in [-0.4, -0.2) is 27.8 Å². The molecule has 2 saturated carbocycles. The predicted molar refractivity (Wildman–Crippen MR) is 125 cm³/mol. The van der Waals surface area contributed by atoms with Crippen LogP contribution < -0.4 is 0 Å². The molecular formula is C27H40O6. The summed E-state index contributed by atoms with van der Waals surface area (Å²) < 4.78 is 10.5. The molecule has 0 aromatic carbocycles. The number of aliphatic hydroxyl groups is 1. The second-order valence-corrected chi connectivity index (χ2v) is 11.3. The van der Waals surface area contributed by atoms with Crippen LogP contribution in [0.1, 0.15) is 97.7 Å². The molecule has 3 rings (SSSR count). The number of furan rings is 1. The number of carboxylic acid groups (broad SMARTS) is 1. The fraction of sp³-hybridized carbons (Fsp3) is 0.704. The Morgan fingerprint density at radius 3 is 2.58 bits per heavy atom. The number of hydrogen-bond donors (Lipinski definition) is 2. The molecule has 0 bridgehead atoms. The first-order chi connectivity index (χ1) is 15.4. The van der Waals surface area contributed by atoms with E-state index in [1.165, 1.54) is 25.9 Å². The molecule has 0 aliphatic heterocycles. The minimum Gasteiger partial charge on any atom is -0.478 e. The minimum atomic E-state index is -0.968. The van der Waals surface area contributed by atoms with Gasteiger partial charge in [0.1, 0.15) is 6.10 Å². The Hall–Kier alpha value is -2.08. The van der Waals surface area contributed by atoms with Gasteiger partial charge in [-0.05, 0) is 74.2 Å². The smallest absolute Gasteiger partial charge is 0.331 e. The molecule has 1 aromatic rings. The summed E-state index contributed by atoms with van der Waals surface area (Å²) in [7, 11) is 0. The Bertz CT molecular complexity index is 865. The number of hydrogen-bond acceptors (Lipinski definition) is 5. The topological polar surface area (TPSA) is 97.0 Å². The molecule has 1 heterocycles. The van der Waals surface area contributed by atoms with Gasteiger partial charge in [0.05, 0.1) is 18.1 Å². The molecule has 2 aliphatic rings. The van der Waals surface area contributed by atoms with Crippen molar-refractivity contribution in [1.82, 2.24) is 0 Å². The van der Waals surface area contributed by atoms with Crippen molar-refractivity contribution < 1.29 is 29.0 Å². The molecule has 2 aliphatic carbocycles. The lowest BCUT2D eigenvalue weighted by Gasteiger charge is -2.61. The quantitative estimate of drug-likeness (QED) is 0.362. The van der Waals surface area contributed by atoms with Crippen LogP contribution in [0.4, 0.5) is 0 Å². The van der Waals surface area contributed by atoms with E-state index in [4.69, 9.17) is 9.15 Å². The van der Waals surface area contributed by atoms with Gasteiger partial charge in [0.25, 0.3) is 0 Å². The predicted octanol–water partition coefficient (Wildman–Crippen LogP) is 6.06. The van der Waals surface area contributed by atoms with Crippen LogP contribution in [0, 0.1) is 22.7 Å². The van der Waals surface area contributed by atoms with Crippen LogP contribution in [0.5, 0.6) is 0 Å². The van der Waals surface area contributed by atoms with Gasteiger partial charge in [-0.1, -0.05) is 33.3 Å². The van der Waals surface area contributed by atoms with Gasteiger partial charge in [-0.25, -0.2) is 4.79 Å². The molecule has 184 valence electrons. The van der Waals surface area contributed by atoms with Crippen molar-refractivity contribution in [2.75, 3.05) is 0 Å². The summed E-state index contributed by atoms with van der Waals surface area (Å²) in [6.07, 6.45) is 10.5. The third-order valence-corrected chi connectivity index (χ3v) is 8.54. The summed E-state index contributed by atoms with van der Waals surface area (Å²) in [5.74, 6) is -0.839. The minimum absolute atomic E-state index is 0.00974. The maximum absolute atomic E-state index is 12.1. The van der Waals surface area contributed by atoms with E-state index in [2.05, 4.69) is 20.8 Å². The standard InChI is InChI=1S/C27H40O6/c1-18(28)33-21(20-12-16-32-17-20)9-7-19(24(29)30)8-10-23-26(4)14-6-13-25(2,3)22(26)11-15-27(23,5)31/h7,12,16-17,21-23,31H,6,8-11,13-15H2,1-5H3,(H,29,30)/b19-7-/t21-,22-,23+,26-,27+/m0/s1. The van der Waals surface area contributed by atoms with Crippen LogP contribution in [0.3, 0.4) is 0 Å². The Morgan fingerprint density at radius 2 is 1.97 bits per heavy atom. The Labute approximate surface area is 197 Å². The number of carbonyl (C=O) groups excluding carboxylic acids is 1.